The van der Waals surface area contributed by atoms with E-state index in [1.165, 1.54) is 0 Å². The van der Waals surface area contributed by atoms with Crippen molar-refractivity contribution in [3.05, 3.63) is 23.8 Å². The van der Waals surface area contributed by atoms with E-state index in [-0.39, 0.29) is 0 Å². The predicted molar refractivity (Wildman–Crippen MR) is 73.3 cm³/mol. The number of hydrogen-bond donors (Lipinski definition) is 2. The smallest absolute Gasteiger partial charge is 0.240 e. The molecule has 0 spiro atoms. The monoisotopic (exact) mass is 268 g/mol. The van der Waals surface area contributed by atoms with E-state index in [1.54, 1.807) is 12.1 Å². The first-order valence-electron chi connectivity index (χ1n) is 6.39. The van der Waals surface area contributed by atoms with Crippen LogP contribution in [0.4, 0.5) is 5.69 Å². The molecule has 0 amide bonds. The minimum atomic E-state index is -3.36. The van der Waals surface area contributed by atoms with Gasteiger partial charge in [0.1, 0.15) is 0 Å². The van der Waals surface area contributed by atoms with E-state index in [2.05, 4.69) is 17.0 Å². The summed E-state index contributed by atoms with van der Waals surface area (Å²) in [7, 11) is -3.36. The second kappa shape index (κ2) is 5.28. The van der Waals surface area contributed by atoms with Crippen LogP contribution in [-0.2, 0) is 16.4 Å². The number of benzene rings is 1. The lowest BCUT2D eigenvalue weighted by molar-refractivity contribution is 0.528. The predicted octanol–water partition coefficient (Wildman–Crippen LogP) is 1.98. The third-order valence-electron chi connectivity index (χ3n) is 3.42. The van der Waals surface area contributed by atoms with Gasteiger partial charge in [0.2, 0.25) is 10.0 Å². The van der Waals surface area contributed by atoms with E-state index in [4.69, 9.17) is 0 Å². The van der Waals surface area contributed by atoms with Crippen LogP contribution in [0, 0.1) is 5.92 Å². The Bertz CT molecular complexity index is 526. The van der Waals surface area contributed by atoms with Crippen molar-refractivity contribution in [2.75, 3.05) is 18.4 Å². The van der Waals surface area contributed by atoms with Gasteiger partial charge in [-0.3, -0.25) is 0 Å². The summed E-state index contributed by atoms with van der Waals surface area (Å²) in [6.45, 7) is 5.47. The van der Waals surface area contributed by atoms with E-state index in [9.17, 15) is 8.42 Å². The molecule has 0 fully saturated rings. The third kappa shape index (κ3) is 2.84. The van der Waals surface area contributed by atoms with Crippen molar-refractivity contribution >= 4 is 15.7 Å². The first-order chi connectivity index (χ1) is 8.53. The molecule has 1 heterocycles. The Hall–Kier alpha value is -1.07. The fourth-order valence-electron chi connectivity index (χ4n) is 1.93. The van der Waals surface area contributed by atoms with Crippen molar-refractivity contribution < 1.29 is 8.42 Å². The maximum atomic E-state index is 12.1. The molecular formula is C13H20N2O2S. The van der Waals surface area contributed by atoms with Gasteiger partial charge in [0, 0.05) is 18.8 Å². The number of sulfonamides is 1. The van der Waals surface area contributed by atoms with E-state index < -0.39 is 10.0 Å². The normalized spacial score (nSPS) is 16.1. The topological polar surface area (TPSA) is 58.2 Å². The molecule has 2 N–H and O–H groups in total. The van der Waals surface area contributed by atoms with Crippen LogP contribution in [0.3, 0.4) is 0 Å². The van der Waals surface area contributed by atoms with Crippen LogP contribution in [0.25, 0.3) is 0 Å². The molecule has 1 aliphatic rings. The highest BCUT2D eigenvalue weighted by Crippen LogP contribution is 2.24. The van der Waals surface area contributed by atoms with Gasteiger partial charge in [0.25, 0.3) is 0 Å². The molecule has 0 aromatic heterocycles. The number of hydrogen-bond acceptors (Lipinski definition) is 3. The Balaban J connectivity index is 2.15. The summed E-state index contributed by atoms with van der Waals surface area (Å²) in [4.78, 5) is 0.369. The van der Waals surface area contributed by atoms with E-state index >= 15 is 0 Å². The molecule has 1 aliphatic heterocycles. The van der Waals surface area contributed by atoms with Gasteiger partial charge in [-0.25, -0.2) is 13.1 Å². The Morgan fingerprint density at radius 2 is 2.22 bits per heavy atom. The first kappa shape index (κ1) is 13.4. The average Bonchev–Trinajstić information content (AvgIpc) is 2.83. The molecule has 4 nitrogen and oxygen atoms in total. The van der Waals surface area contributed by atoms with E-state index in [0.29, 0.717) is 17.4 Å². The van der Waals surface area contributed by atoms with Crippen molar-refractivity contribution in [3.8, 4) is 0 Å². The van der Waals surface area contributed by atoms with Gasteiger partial charge in [-0.1, -0.05) is 20.3 Å². The lowest BCUT2D eigenvalue weighted by Crippen LogP contribution is -2.28. The molecule has 0 aliphatic carbocycles. The molecule has 18 heavy (non-hydrogen) atoms. The number of nitrogens with one attached hydrogen (secondary N) is 2. The molecule has 2 rings (SSSR count). The van der Waals surface area contributed by atoms with Crippen LogP contribution in [0.2, 0.25) is 0 Å². The second-order valence-corrected chi connectivity index (χ2v) is 6.63. The molecule has 1 atom stereocenters. The fourth-order valence-corrected chi connectivity index (χ4v) is 3.14. The van der Waals surface area contributed by atoms with Crippen LogP contribution < -0.4 is 10.0 Å². The molecule has 1 unspecified atom stereocenters. The summed E-state index contributed by atoms with van der Waals surface area (Å²) in [6.07, 6.45) is 1.86. The first-order valence-corrected chi connectivity index (χ1v) is 7.87. The highest BCUT2D eigenvalue weighted by molar-refractivity contribution is 7.89. The lowest BCUT2D eigenvalue weighted by Gasteiger charge is -2.11. The molecule has 1 aromatic carbocycles. The van der Waals surface area contributed by atoms with Crippen molar-refractivity contribution in [3.63, 3.8) is 0 Å². The Labute approximate surface area is 109 Å². The lowest BCUT2D eigenvalue weighted by atomic mass is 10.1. The van der Waals surface area contributed by atoms with Gasteiger partial charge in [0.15, 0.2) is 0 Å². The molecule has 0 saturated carbocycles. The maximum Gasteiger partial charge on any atom is 0.240 e. The molecule has 0 radical (unpaired) electrons. The van der Waals surface area contributed by atoms with E-state index in [1.807, 2.05) is 13.0 Å². The summed E-state index contributed by atoms with van der Waals surface area (Å²) in [6, 6.07) is 5.28. The van der Waals surface area contributed by atoms with Crippen LogP contribution in [-0.4, -0.2) is 21.5 Å². The zero-order valence-corrected chi connectivity index (χ0v) is 11.7. The largest absolute Gasteiger partial charge is 0.384 e. The van der Waals surface area contributed by atoms with Gasteiger partial charge in [-0.05, 0) is 36.1 Å². The third-order valence-corrected chi connectivity index (χ3v) is 4.84. The van der Waals surface area contributed by atoms with Gasteiger partial charge in [0.05, 0.1) is 4.90 Å². The fraction of sp³-hybridized carbons (Fsp3) is 0.538. The minimum absolute atomic E-state index is 0.357. The van der Waals surface area contributed by atoms with Crippen LogP contribution in [0.5, 0.6) is 0 Å². The van der Waals surface area contributed by atoms with Gasteiger partial charge < -0.3 is 5.32 Å². The van der Waals surface area contributed by atoms with Gasteiger partial charge in [-0.15, -0.1) is 0 Å². The van der Waals surface area contributed by atoms with Crippen molar-refractivity contribution in [1.82, 2.24) is 4.72 Å². The highest BCUT2D eigenvalue weighted by atomic mass is 32.2. The number of anilines is 1. The quantitative estimate of drug-likeness (QED) is 0.858. The van der Waals surface area contributed by atoms with Crippen LogP contribution in [0.15, 0.2) is 23.1 Å². The Kier molecular flexibility index (Phi) is 3.92. The Morgan fingerprint density at radius 1 is 1.44 bits per heavy atom. The van der Waals surface area contributed by atoms with Crippen molar-refractivity contribution in [2.45, 2.75) is 31.6 Å². The second-order valence-electron chi connectivity index (χ2n) is 4.86. The zero-order chi connectivity index (χ0) is 13.2. The highest BCUT2D eigenvalue weighted by Gasteiger charge is 2.18. The Morgan fingerprint density at radius 3 is 2.94 bits per heavy atom. The zero-order valence-electron chi connectivity index (χ0n) is 10.9. The summed E-state index contributed by atoms with van der Waals surface area (Å²) in [5.41, 5.74) is 2.14. The van der Waals surface area contributed by atoms with Gasteiger partial charge in [-0.2, -0.15) is 0 Å². The summed E-state index contributed by atoms with van der Waals surface area (Å²) >= 11 is 0. The average molecular weight is 268 g/mol. The SMILES string of the molecule is CCC(C)CNS(=O)(=O)c1ccc2c(c1)CCN2. The minimum Gasteiger partial charge on any atom is -0.384 e. The molecule has 100 valence electrons. The maximum absolute atomic E-state index is 12.1. The van der Waals surface area contributed by atoms with Crippen molar-refractivity contribution in [2.24, 2.45) is 5.92 Å². The molecule has 0 bridgehead atoms. The molecule has 0 saturated heterocycles. The van der Waals surface area contributed by atoms with E-state index in [0.717, 1.165) is 30.6 Å². The molecule has 5 heteroatoms. The number of rotatable bonds is 5. The summed E-state index contributed by atoms with van der Waals surface area (Å²) in [5.74, 6) is 0.357. The molecule has 1 aromatic rings. The van der Waals surface area contributed by atoms with Gasteiger partial charge >= 0.3 is 0 Å². The van der Waals surface area contributed by atoms with Crippen LogP contribution in [0.1, 0.15) is 25.8 Å². The molecular weight excluding hydrogens is 248 g/mol. The standard InChI is InChI=1S/C13H20N2O2S/c1-3-10(2)9-15-18(16,17)12-4-5-13-11(8-12)6-7-14-13/h4-5,8,10,14-15H,3,6-7,9H2,1-2H3. The van der Waals surface area contributed by atoms with Crippen molar-refractivity contribution in [1.29, 1.82) is 0 Å². The van der Waals surface area contributed by atoms with Crippen LogP contribution >= 0.6 is 0 Å². The summed E-state index contributed by atoms with van der Waals surface area (Å²) in [5, 5.41) is 3.22. The number of fused-ring (bicyclic) bond motifs is 1. The summed E-state index contributed by atoms with van der Waals surface area (Å²) < 4.78 is 26.9.